The molecule has 2 heterocycles. The summed E-state index contributed by atoms with van der Waals surface area (Å²) in [5.41, 5.74) is 0.121. The summed E-state index contributed by atoms with van der Waals surface area (Å²) >= 11 is 8.95. The summed E-state index contributed by atoms with van der Waals surface area (Å²) in [6.07, 6.45) is 1.27. The molecule has 3 N–H and O–H groups in total. The number of carbonyl (C=O) groups is 1. The summed E-state index contributed by atoms with van der Waals surface area (Å²) in [6.45, 7) is -0.00910. The van der Waals surface area contributed by atoms with Crippen molar-refractivity contribution in [2.75, 3.05) is 6.61 Å². The number of aliphatic hydroxyl groups excluding tert-OH is 1. The SMILES string of the molecule is O=C(NCc1ccc(Cl)cc1)c1c[nH]c2c(cc(Br)c(=O)n2CCO)c1=O.[Y]. The number of halogens is 2. The Bertz CT molecular complexity index is 1130. The zero-order valence-corrected chi connectivity index (χ0v) is 19.7. The molecule has 1 amide bonds. The zero-order chi connectivity index (χ0) is 19.6. The molecular formula is C18H15BrClN3O4Y. The summed E-state index contributed by atoms with van der Waals surface area (Å²) < 4.78 is 1.42. The molecule has 0 bridgehead atoms. The average molecular weight is 542 g/mol. The van der Waals surface area contributed by atoms with Crippen LogP contribution in [-0.4, -0.2) is 27.2 Å². The van der Waals surface area contributed by atoms with Gasteiger partial charge in [-0.2, -0.15) is 0 Å². The van der Waals surface area contributed by atoms with Gasteiger partial charge in [0.2, 0.25) is 5.43 Å². The third kappa shape index (κ3) is 4.80. The van der Waals surface area contributed by atoms with E-state index in [1.807, 2.05) is 0 Å². The minimum absolute atomic E-state index is 0. The molecule has 0 spiro atoms. The largest absolute Gasteiger partial charge is 0.395 e. The number of hydrogen-bond acceptors (Lipinski definition) is 4. The summed E-state index contributed by atoms with van der Waals surface area (Å²) in [6, 6.07) is 8.35. The topological polar surface area (TPSA) is 104 Å². The van der Waals surface area contributed by atoms with Crippen LogP contribution in [-0.2, 0) is 45.8 Å². The molecule has 0 aliphatic carbocycles. The molecular weight excluding hydrogens is 526 g/mol. The van der Waals surface area contributed by atoms with E-state index in [4.69, 9.17) is 16.7 Å². The van der Waals surface area contributed by atoms with E-state index >= 15 is 0 Å². The number of rotatable bonds is 5. The maximum absolute atomic E-state index is 12.7. The molecule has 0 aliphatic rings. The van der Waals surface area contributed by atoms with Crippen molar-refractivity contribution in [3.05, 3.63) is 77.7 Å². The van der Waals surface area contributed by atoms with Gasteiger partial charge in [-0.15, -0.1) is 0 Å². The van der Waals surface area contributed by atoms with Crippen molar-refractivity contribution in [1.29, 1.82) is 0 Å². The van der Waals surface area contributed by atoms with E-state index in [0.29, 0.717) is 5.02 Å². The van der Waals surface area contributed by atoms with Gasteiger partial charge in [0.1, 0.15) is 11.2 Å². The summed E-state index contributed by atoms with van der Waals surface area (Å²) in [4.78, 5) is 40.2. The zero-order valence-electron chi connectivity index (χ0n) is 14.5. The van der Waals surface area contributed by atoms with Crippen LogP contribution in [0.3, 0.4) is 0 Å². The third-order valence-electron chi connectivity index (χ3n) is 4.02. The molecule has 28 heavy (non-hydrogen) atoms. The van der Waals surface area contributed by atoms with Gasteiger partial charge in [-0.1, -0.05) is 23.7 Å². The molecule has 2 aromatic heterocycles. The van der Waals surface area contributed by atoms with Gasteiger partial charge in [0, 0.05) is 50.5 Å². The first-order valence-electron chi connectivity index (χ1n) is 8.00. The van der Waals surface area contributed by atoms with Gasteiger partial charge in [0.05, 0.1) is 23.0 Å². The molecule has 0 unspecified atom stereocenters. The van der Waals surface area contributed by atoms with Crippen LogP contribution in [0.15, 0.2) is 50.6 Å². The first kappa shape index (κ1) is 23.0. The number of pyridine rings is 2. The van der Waals surface area contributed by atoms with Crippen molar-refractivity contribution in [3.8, 4) is 0 Å². The fraction of sp³-hybridized carbons (Fsp3) is 0.167. The van der Waals surface area contributed by atoms with Crippen molar-refractivity contribution < 1.29 is 42.6 Å². The number of H-pyrrole nitrogens is 1. The van der Waals surface area contributed by atoms with Crippen LogP contribution in [0.5, 0.6) is 0 Å². The second kappa shape index (κ2) is 9.94. The van der Waals surface area contributed by atoms with Crippen LogP contribution in [0.2, 0.25) is 5.02 Å². The number of benzene rings is 1. The predicted molar refractivity (Wildman–Crippen MR) is 106 cm³/mol. The number of fused-ring (bicyclic) bond motifs is 1. The molecule has 10 heteroatoms. The number of aliphatic hydroxyl groups is 1. The summed E-state index contributed by atoms with van der Waals surface area (Å²) in [5.74, 6) is -0.538. The molecule has 3 rings (SSSR count). The number of amides is 1. The maximum Gasteiger partial charge on any atom is 0.266 e. The molecule has 1 radical (unpaired) electrons. The summed E-state index contributed by atoms with van der Waals surface area (Å²) in [7, 11) is 0. The number of carbonyl (C=O) groups excluding carboxylic acids is 1. The Balaban J connectivity index is 0.00000280. The van der Waals surface area contributed by atoms with Crippen molar-refractivity contribution >= 4 is 44.5 Å². The Kier molecular flexibility index (Phi) is 8.15. The monoisotopic (exact) mass is 540 g/mol. The van der Waals surface area contributed by atoms with E-state index in [1.54, 1.807) is 24.3 Å². The van der Waals surface area contributed by atoms with Gasteiger partial charge in [0.15, 0.2) is 0 Å². The molecule has 0 saturated heterocycles. The first-order chi connectivity index (χ1) is 12.9. The van der Waals surface area contributed by atoms with E-state index in [1.165, 1.54) is 16.8 Å². The molecule has 7 nitrogen and oxygen atoms in total. The standard InChI is InChI=1S/C18H15BrClN3O4.Y/c19-14-7-12-15(25)13(9-21-16(12)23(5-6-24)18(14)27)17(26)22-8-10-1-3-11(20)4-2-10;/h1-4,7,9,24H,5-6,8H2,(H,21,25)(H,22,26);. The molecule has 3 aromatic rings. The number of nitrogens with zero attached hydrogens (tertiary/aromatic N) is 1. The predicted octanol–water partition coefficient (Wildman–Crippen LogP) is 2.03. The molecule has 0 atom stereocenters. The van der Waals surface area contributed by atoms with E-state index in [9.17, 15) is 14.4 Å². The quantitative estimate of drug-likeness (QED) is 0.460. The van der Waals surface area contributed by atoms with Crippen LogP contribution < -0.4 is 16.3 Å². The van der Waals surface area contributed by atoms with Crippen molar-refractivity contribution in [3.63, 3.8) is 0 Å². The molecule has 0 fully saturated rings. The third-order valence-corrected chi connectivity index (χ3v) is 4.84. The minimum atomic E-state index is -0.538. The smallest absolute Gasteiger partial charge is 0.266 e. The number of aromatic nitrogens is 2. The number of hydrogen-bond donors (Lipinski definition) is 3. The van der Waals surface area contributed by atoms with Crippen LogP contribution in [0.1, 0.15) is 15.9 Å². The Morgan fingerprint density at radius 1 is 1.25 bits per heavy atom. The van der Waals surface area contributed by atoms with Crippen molar-refractivity contribution in [2.45, 2.75) is 13.1 Å². The fourth-order valence-electron chi connectivity index (χ4n) is 2.67. The van der Waals surface area contributed by atoms with Crippen LogP contribution >= 0.6 is 27.5 Å². The van der Waals surface area contributed by atoms with Gasteiger partial charge in [-0.05, 0) is 39.7 Å². The Morgan fingerprint density at radius 2 is 1.93 bits per heavy atom. The van der Waals surface area contributed by atoms with E-state index < -0.39 is 11.3 Å². The normalized spacial score (nSPS) is 10.5. The van der Waals surface area contributed by atoms with Crippen LogP contribution in [0, 0.1) is 0 Å². The molecule has 0 aliphatic heterocycles. The van der Waals surface area contributed by atoms with Crippen LogP contribution in [0.25, 0.3) is 11.0 Å². The van der Waals surface area contributed by atoms with Gasteiger partial charge in [0.25, 0.3) is 11.5 Å². The minimum Gasteiger partial charge on any atom is -0.395 e. The Hall–Kier alpha value is -1.32. The van der Waals surface area contributed by atoms with Crippen molar-refractivity contribution in [2.24, 2.45) is 0 Å². The molecule has 0 saturated carbocycles. The van der Waals surface area contributed by atoms with E-state index in [-0.39, 0.29) is 79.0 Å². The van der Waals surface area contributed by atoms with Gasteiger partial charge < -0.3 is 15.4 Å². The van der Waals surface area contributed by atoms with Crippen molar-refractivity contribution in [1.82, 2.24) is 14.9 Å². The summed E-state index contributed by atoms with van der Waals surface area (Å²) in [5, 5.41) is 12.6. The van der Waals surface area contributed by atoms with Gasteiger partial charge in [-0.3, -0.25) is 19.0 Å². The molecule has 1 aromatic carbocycles. The maximum atomic E-state index is 12.7. The second-order valence-corrected chi connectivity index (χ2v) is 7.07. The average Bonchev–Trinajstić information content (AvgIpc) is 2.65. The van der Waals surface area contributed by atoms with Gasteiger partial charge >= 0.3 is 0 Å². The Labute approximate surface area is 198 Å². The fourth-order valence-corrected chi connectivity index (χ4v) is 3.24. The van der Waals surface area contributed by atoms with Gasteiger partial charge in [-0.25, -0.2) is 0 Å². The van der Waals surface area contributed by atoms with Crippen LogP contribution in [0.4, 0.5) is 0 Å². The number of nitrogens with one attached hydrogen (secondary N) is 2. The van der Waals surface area contributed by atoms with E-state index in [0.717, 1.165) is 5.56 Å². The van der Waals surface area contributed by atoms with E-state index in [2.05, 4.69) is 26.2 Å². The first-order valence-corrected chi connectivity index (χ1v) is 9.17. The molecule has 143 valence electrons. The number of aromatic amines is 1. The Morgan fingerprint density at radius 3 is 2.57 bits per heavy atom. The second-order valence-electron chi connectivity index (χ2n) is 5.78.